The Morgan fingerprint density at radius 2 is 2.05 bits per heavy atom. The maximum Gasteiger partial charge on any atom is 0.326 e. The van der Waals surface area contributed by atoms with Crippen molar-refractivity contribution in [1.29, 1.82) is 0 Å². The number of fused-ring (bicyclic) bond motifs is 1. The van der Waals surface area contributed by atoms with E-state index in [2.05, 4.69) is 0 Å². The lowest BCUT2D eigenvalue weighted by Gasteiger charge is -2.32. The van der Waals surface area contributed by atoms with Crippen molar-refractivity contribution in [3.05, 3.63) is 35.2 Å². The number of carboxylic acids is 1. The molecule has 20 heavy (non-hydrogen) atoms. The van der Waals surface area contributed by atoms with Gasteiger partial charge in [0, 0.05) is 11.2 Å². The largest absolute Gasteiger partial charge is 0.480 e. The highest BCUT2D eigenvalue weighted by molar-refractivity contribution is 7.20. The Labute approximate surface area is 120 Å². The molecule has 0 aliphatic carbocycles. The van der Waals surface area contributed by atoms with Crippen molar-refractivity contribution in [2.45, 2.75) is 25.3 Å². The molecule has 0 unspecified atom stereocenters. The fraction of sp³-hybridized carbons (Fsp3) is 0.333. The van der Waals surface area contributed by atoms with Crippen molar-refractivity contribution in [1.82, 2.24) is 4.90 Å². The Morgan fingerprint density at radius 1 is 1.25 bits per heavy atom. The van der Waals surface area contributed by atoms with Crippen LogP contribution in [0.4, 0.5) is 0 Å². The maximum atomic E-state index is 12.6. The lowest BCUT2D eigenvalue weighted by Crippen LogP contribution is -2.47. The summed E-state index contributed by atoms with van der Waals surface area (Å²) in [5.74, 6) is -1.06. The molecule has 0 radical (unpaired) electrons. The Balaban J connectivity index is 1.92. The number of hydrogen-bond donors (Lipinski definition) is 1. The fourth-order valence-electron chi connectivity index (χ4n) is 2.66. The van der Waals surface area contributed by atoms with Crippen LogP contribution in [-0.4, -0.2) is 34.5 Å². The van der Waals surface area contributed by atoms with Crippen molar-refractivity contribution < 1.29 is 14.7 Å². The Kier molecular flexibility index (Phi) is 3.44. The molecule has 3 rings (SSSR count). The molecule has 0 spiro atoms. The minimum absolute atomic E-state index is 0.154. The molecule has 0 saturated carbocycles. The van der Waals surface area contributed by atoms with Gasteiger partial charge in [-0.1, -0.05) is 18.2 Å². The number of aliphatic carboxylic acids is 1. The third kappa shape index (κ3) is 2.29. The van der Waals surface area contributed by atoms with Crippen LogP contribution in [0.5, 0.6) is 0 Å². The molecule has 2 heterocycles. The molecule has 1 aliphatic heterocycles. The molecule has 1 saturated heterocycles. The third-order valence-corrected chi connectivity index (χ3v) is 4.79. The first kappa shape index (κ1) is 13.1. The highest BCUT2D eigenvalue weighted by atomic mass is 32.1. The second kappa shape index (κ2) is 5.25. The minimum Gasteiger partial charge on any atom is -0.480 e. The van der Waals surface area contributed by atoms with Gasteiger partial charge in [-0.05, 0) is 36.8 Å². The van der Waals surface area contributed by atoms with E-state index in [-0.39, 0.29) is 5.91 Å². The molecule has 1 aromatic heterocycles. The number of carbonyl (C=O) groups excluding carboxylic acids is 1. The molecule has 1 fully saturated rings. The number of carboxylic acid groups (broad SMARTS) is 1. The number of likely N-dealkylation sites (tertiary alicyclic amines) is 1. The first-order valence-electron chi connectivity index (χ1n) is 6.69. The predicted octanol–water partition coefficient (Wildman–Crippen LogP) is 2.98. The molecule has 1 N–H and O–H groups in total. The predicted molar refractivity (Wildman–Crippen MR) is 78.1 cm³/mol. The minimum atomic E-state index is -0.904. The maximum absolute atomic E-state index is 12.6. The number of hydrogen-bond acceptors (Lipinski definition) is 3. The summed E-state index contributed by atoms with van der Waals surface area (Å²) in [6.45, 7) is 0.532. The number of rotatable bonds is 2. The van der Waals surface area contributed by atoms with Crippen molar-refractivity contribution in [3.8, 4) is 0 Å². The molecule has 0 bridgehead atoms. The molecule has 1 amide bonds. The van der Waals surface area contributed by atoms with E-state index in [9.17, 15) is 14.7 Å². The summed E-state index contributed by atoms with van der Waals surface area (Å²) in [5, 5.41) is 10.3. The van der Waals surface area contributed by atoms with Gasteiger partial charge in [-0.2, -0.15) is 0 Å². The van der Waals surface area contributed by atoms with Crippen LogP contribution in [-0.2, 0) is 4.79 Å². The summed E-state index contributed by atoms with van der Waals surface area (Å²) in [7, 11) is 0. The first-order chi connectivity index (χ1) is 9.66. The number of benzene rings is 1. The van der Waals surface area contributed by atoms with E-state index in [4.69, 9.17) is 0 Å². The molecule has 4 nitrogen and oxygen atoms in total. The van der Waals surface area contributed by atoms with Gasteiger partial charge in [0.05, 0.1) is 4.88 Å². The smallest absolute Gasteiger partial charge is 0.326 e. The van der Waals surface area contributed by atoms with E-state index in [1.807, 2.05) is 30.3 Å². The van der Waals surface area contributed by atoms with Crippen LogP contribution < -0.4 is 0 Å². The van der Waals surface area contributed by atoms with Crippen LogP contribution >= 0.6 is 11.3 Å². The molecule has 5 heteroatoms. The van der Waals surface area contributed by atoms with Crippen molar-refractivity contribution >= 4 is 33.3 Å². The molecule has 2 aromatic rings. The molecular formula is C15H15NO3S. The molecule has 1 aliphatic rings. The average Bonchev–Trinajstić information content (AvgIpc) is 2.90. The van der Waals surface area contributed by atoms with Crippen molar-refractivity contribution in [2.75, 3.05) is 6.54 Å². The van der Waals surface area contributed by atoms with Crippen molar-refractivity contribution in [2.24, 2.45) is 0 Å². The van der Waals surface area contributed by atoms with Crippen LogP contribution in [0, 0.1) is 0 Å². The summed E-state index contributed by atoms with van der Waals surface area (Å²) in [6, 6.07) is 8.99. The Hall–Kier alpha value is -1.88. The zero-order valence-corrected chi connectivity index (χ0v) is 11.7. The summed E-state index contributed by atoms with van der Waals surface area (Å²) in [5.41, 5.74) is 0. The van der Waals surface area contributed by atoms with Crippen LogP contribution in [0.2, 0.25) is 0 Å². The quantitative estimate of drug-likeness (QED) is 0.924. The van der Waals surface area contributed by atoms with Crippen molar-refractivity contribution in [3.63, 3.8) is 0 Å². The summed E-state index contributed by atoms with van der Waals surface area (Å²) in [4.78, 5) is 26.0. The van der Waals surface area contributed by atoms with Gasteiger partial charge in [-0.25, -0.2) is 4.79 Å². The highest BCUT2D eigenvalue weighted by Gasteiger charge is 2.33. The van der Waals surface area contributed by atoms with E-state index in [0.29, 0.717) is 17.8 Å². The third-order valence-electron chi connectivity index (χ3n) is 3.69. The van der Waals surface area contributed by atoms with Gasteiger partial charge < -0.3 is 10.0 Å². The molecule has 1 aromatic carbocycles. The second-order valence-corrected chi connectivity index (χ2v) is 6.08. The first-order valence-corrected chi connectivity index (χ1v) is 7.51. The fourth-order valence-corrected chi connectivity index (χ4v) is 3.68. The second-order valence-electron chi connectivity index (χ2n) is 5.00. The van der Waals surface area contributed by atoms with Gasteiger partial charge in [0.25, 0.3) is 5.91 Å². The van der Waals surface area contributed by atoms with E-state index >= 15 is 0 Å². The van der Waals surface area contributed by atoms with Crippen LogP contribution in [0.15, 0.2) is 30.3 Å². The Bertz CT molecular complexity index is 631. The zero-order valence-electron chi connectivity index (χ0n) is 10.9. The normalized spacial score (nSPS) is 19.2. The lowest BCUT2D eigenvalue weighted by atomic mass is 10.0. The van der Waals surface area contributed by atoms with Gasteiger partial charge in [0.1, 0.15) is 6.04 Å². The Morgan fingerprint density at radius 3 is 2.80 bits per heavy atom. The summed E-state index contributed by atoms with van der Waals surface area (Å²) in [6.07, 6.45) is 2.29. The number of thiophene rings is 1. The van der Waals surface area contributed by atoms with Crippen LogP contribution in [0.3, 0.4) is 0 Å². The number of piperidine rings is 1. The van der Waals surface area contributed by atoms with Gasteiger partial charge in [-0.15, -0.1) is 11.3 Å². The monoisotopic (exact) mass is 289 g/mol. The van der Waals surface area contributed by atoms with E-state index in [0.717, 1.165) is 22.9 Å². The zero-order chi connectivity index (χ0) is 14.1. The van der Waals surface area contributed by atoms with Crippen LogP contribution in [0.25, 0.3) is 10.1 Å². The topological polar surface area (TPSA) is 57.6 Å². The van der Waals surface area contributed by atoms with Gasteiger partial charge in [-0.3, -0.25) is 4.79 Å². The average molecular weight is 289 g/mol. The number of carbonyl (C=O) groups is 2. The summed E-state index contributed by atoms with van der Waals surface area (Å²) >= 11 is 1.43. The molecule has 1 atom stereocenters. The summed E-state index contributed by atoms with van der Waals surface area (Å²) < 4.78 is 1.06. The van der Waals surface area contributed by atoms with Gasteiger partial charge in [0.2, 0.25) is 0 Å². The SMILES string of the molecule is O=C(O)[C@@H]1CCCCN1C(=O)c1cc2ccccc2s1. The van der Waals surface area contributed by atoms with Gasteiger partial charge in [0.15, 0.2) is 0 Å². The number of nitrogens with zero attached hydrogens (tertiary/aromatic N) is 1. The standard InChI is InChI=1S/C15H15NO3S/c17-14(16-8-4-3-6-11(16)15(18)19)13-9-10-5-1-2-7-12(10)20-13/h1-2,5,7,9,11H,3-4,6,8H2,(H,18,19)/t11-/m0/s1. The van der Waals surface area contributed by atoms with E-state index in [1.165, 1.54) is 16.2 Å². The molecular weight excluding hydrogens is 274 g/mol. The van der Waals surface area contributed by atoms with Gasteiger partial charge >= 0.3 is 5.97 Å². The van der Waals surface area contributed by atoms with E-state index in [1.54, 1.807) is 0 Å². The van der Waals surface area contributed by atoms with Crippen LogP contribution in [0.1, 0.15) is 28.9 Å². The molecule has 104 valence electrons. The van der Waals surface area contributed by atoms with E-state index < -0.39 is 12.0 Å². The highest BCUT2D eigenvalue weighted by Crippen LogP contribution is 2.28. The lowest BCUT2D eigenvalue weighted by molar-refractivity contribution is -0.143. The number of amides is 1.